The van der Waals surface area contributed by atoms with Gasteiger partial charge in [0.1, 0.15) is 0 Å². The number of rotatable bonds is 7. The van der Waals surface area contributed by atoms with Crippen molar-refractivity contribution >= 4 is 25.2 Å². The van der Waals surface area contributed by atoms with Gasteiger partial charge in [-0.2, -0.15) is 0 Å². The summed E-state index contributed by atoms with van der Waals surface area (Å²) in [5.74, 6) is 4.87. The molecule has 1 rings (SSSR count). The van der Waals surface area contributed by atoms with Crippen LogP contribution in [-0.4, -0.2) is 20.7 Å². The first-order chi connectivity index (χ1) is 11.2. The molecule has 0 radical (unpaired) electrons. The third kappa shape index (κ3) is 12.2. The maximum Gasteiger partial charge on any atom is 0.245 e. The average molecular weight is 370 g/mol. The molecule has 0 aliphatic carbocycles. The van der Waals surface area contributed by atoms with Crippen LogP contribution in [0.2, 0.25) is 19.6 Å². The predicted molar refractivity (Wildman–Crippen MR) is 103 cm³/mol. The molecule has 1 aromatic carbocycles. The molecule has 0 aliphatic heterocycles. The Labute approximate surface area is 151 Å². The van der Waals surface area contributed by atoms with Crippen LogP contribution in [0.4, 0.5) is 0 Å². The van der Waals surface area contributed by atoms with Gasteiger partial charge in [0, 0.05) is 7.11 Å². The summed E-state index contributed by atoms with van der Waals surface area (Å²) in [6.45, 7) is 8.16. The molecule has 1 unspecified atom stereocenters. The minimum Gasteiger partial charge on any atom is -0.376 e. The first-order valence-corrected chi connectivity index (χ1v) is 11.5. The molecule has 134 valence electrons. The van der Waals surface area contributed by atoms with Gasteiger partial charge in [-0.3, -0.25) is 4.79 Å². The van der Waals surface area contributed by atoms with E-state index in [9.17, 15) is 4.79 Å². The van der Waals surface area contributed by atoms with Gasteiger partial charge in [0.2, 0.25) is 13.6 Å². The fourth-order valence-electron chi connectivity index (χ4n) is 1.56. The Bertz CT molecular complexity index is 536. The number of ether oxygens (including phenoxy) is 1. The van der Waals surface area contributed by atoms with Crippen LogP contribution in [0.25, 0.3) is 0 Å². The molecule has 0 saturated carbocycles. The molecule has 1 aromatic rings. The van der Waals surface area contributed by atoms with Crippen LogP contribution in [0.15, 0.2) is 48.6 Å². The van der Waals surface area contributed by atoms with Crippen molar-refractivity contribution < 1.29 is 14.1 Å². The topological polar surface area (TPSA) is 61.5 Å². The zero-order chi connectivity index (χ0) is 18.6. The molecule has 2 N–H and O–H groups in total. The smallest absolute Gasteiger partial charge is 0.245 e. The van der Waals surface area contributed by atoms with E-state index in [1.54, 1.807) is 19.3 Å². The Kier molecular flexibility index (Phi) is 11.5. The Morgan fingerprint density at radius 1 is 1.25 bits per heavy atom. The van der Waals surface area contributed by atoms with Crippen molar-refractivity contribution in [3.8, 4) is 0 Å². The summed E-state index contributed by atoms with van der Waals surface area (Å²) in [6.07, 6.45) is 7.45. The highest BCUT2D eigenvalue weighted by molar-refractivity contribution is 6.69. The van der Waals surface area contributed by atoms with Crippen molar-refractivity contribution in [1.29, 1.82) is 0 Å². The van der Waals surface area contributed by atoms with Crippen LogP contribution in [0, 0.1) is 6.92 Å². The van der Waals surface area contributed by atoms with Gasteiger partial charge in [0.25, 0.3) is 0 Å². The Morgan fingerprint density at radius 3 is 2.21 bits per heavy atom. The molecular formula is C18H28ClNO3Si. The summed E-state index contributed by atoms with van der Waals surface area (Å²) >= 11 is 5.17. The summed E-state index contributed by atoms with van der Waals surface area (Å²) < 4.78 is 10.0. The number of halogens is 1. The van der Waals surface area contributed by atoms with Gasteiger partial charge in [0.05, 0.1) is 6.10 Å². The van der Waals surface area contributed by atoms with E-state index in [1.807, 2.05) is 25.7 Å². The molecule has 0 spiro atoms. The number of carbonyl (C=O) groups excluding carboxylic acids is 1. The fourth-order valence-corrected chi connectivity index (χ4v) is 1.63. The molecule has 0 aromatic heterocycles. The fraction of sp³-hybridized carbons (Fsp3) is 0.389. The van der Waals surface area contributed by atoms with Crippen LogP contribution in [0.5, 0.6) is 0 Å². The molecule has 0 aliphatic rings. The number of hydrogen-bond acceptors (Lipinski definition) is 4. The van der Waals surface area contributed by atoms with E-state index < -0.39 is 13.6 Å². The van der Waals surface area contributed by atoms with Gasteiger partial charge >= 0.3 is 0 Å². The first kappa shape index (κ1) is 22.8. The number of benzene rings is 1. The summed E-state index contributed by atoms with van der Waals surface area (Å²) in [7, 11) is 0.338. The lowest BCUT2D eigenvalue weighted by Gasteiger charge is -2.13. The molecule has 1 atom stereocenters. The van der Waals surface area contributed by atoms with Gasteiger partial charge in [-0.05, 0) is 56.2 Å². The molecule has 0 fully saturated rings. The maximum atomic E-state index is 10.5. The largest absolute Gasteiger partial charge is 0.376 e. The predicted octanol–water partition coefficient (Wildman–Crippen LogP) is 4.66. The van der Waals surface area contributed by atoms with Crippen molar-refractivity contribution in [2.45, 2.75) is 39.1 Å². The molecule has 0 bridgehead atoms. The molecule has 4 nitrogen and oxygen atoms in total. The van der Waals surface area contributed by atoms with Crippen molar-refractivity contribution in [1.82, 2.24) is 0 Å². The van der Waals surface area contributed by atoms with E-state index in [0.29, 0.717) is 0 Å². The van der Waals surface area contributed by atoms with Gasteiger partial charge < -0.3 is 9.26 Å². The summed E-state index contributed by atoms with van der Waals surface area (Å²) in [6, 6.07) is 8.26. The number of methoxy groups -OCH3 is 1. The quantitative estimate of drug-likeness (QED) is 0.249. The number of hydrogen-bond donors (Lipinski definition) is 1. The third-order valence-corrected chi connectivity index (χ3v) is 3.74. The van der Waals surface area contributed by atoms with Gasteiger partial charge in [-0.1, -0.05) is 48.1 Å². The van der Waals surface area contributed by atoms with E-state index in [0.717, 1.165) is 12.0 Å². The second kappa shape index (κ2) is 12.2. The Morgan fingerprint density at radius 2 is 1.79 bits per heavy atom. The van der Waals surface area contributed by atoms with E-state index in [4.69, 9.17) is 22.2 Å². The monoisotopic (exact) mass is 369 g/mol. The van der Waals surface area contributed by atoms with E-state index in [2.05, 4.69) is 35.7 Å². The minimum atomic E-state index is -1.35. The lowest BCUT2D eigenvalue weighted by Crippen LogP contribution is -2.28. The van der Waals surface area contributed by atoms with Crippen molar-refractivity contribution in [3.05, 3.63) is 59.7 Å². The number of allylic oxidation sites excluding steroid dienone is 3. The standard InChI is InChI=1S/C15H17ClO2.C3H11NOSi/c1-12-8-10-13(11-9-12)14(18-2)6-4-3-5-7-15(16)17;1-6(2,3)5-4/h3-5,7-11,14H,6H2,1-2H3;4H2,1-3H3/b4-3+,7-5+;. The maximum absolute atomic E-state index is 10.5. The molecule has 0 saturated heterocycles. The van der Waals surface area contributed by atoms with Crippen LogP contribution < -0.4 is 5.90 Å². The minimum absolute atomic E-state index is 0.0296. The van der Waals surface area contributed by atoms with E-state index in [-0.39, 0.29) is 6.10 Å². The van der Waals surface area contributed by atoms with Gasteiger partial charge in [0.15, 0.2) is 0 Å². The second-order valence-corrected chi connectivity index (χ2v) is 11.0. The zero-order valence-electron chi connectivity index (χ0n) is 15.1. The average Bonchev–Trinajstić information content (AvgIpc) is 2.52. The lowest BCUT2D eigenvalue weighted by molar-refractivity contribution is -0.107. The van der Waals surface area contributed by atoms with E-state index >= 15 is 0 Å². The highest BCUT2D eigenvalue weighted by Crippen LogP contribution is 2.21. The number of nitrogens with two attached hydrogens (primary N) is 1. The Balaban J connectivity index is 0.000000754. The number of aryl methyl sites for hydroxylation is 1. The second-order valence-electron chi connectivity index (χ2n) is 6.19. The summed E-state index contributed by atoms with van der Waals surface area (Å²) in [5.41, 5.74) is 2.37. The number of carbonyl (C=O) groups is 1. The van der Waals surface area contributed by atoms with Crippen LogP contribution in [0.3, 0.4) is 0 Å². The van der Waals surface area contributed by atoms with Crippen molar-refractivity contribution in [2.75, 3.05) is 7.11 Å². The molecular weight excluding hydrogens is 342 g/mol. The summed E-state index contributed by atoms with van der Waals surface area (Å²) in [4.78, 5) is 10.5. The normalized spacial score (nSPS) is 13.0. The molecule has 24 heavy (non-hydrogen) atoms. The van der Waals surface area contributed by atoms with Crippen molar-refractivity contribution in [2.24, 2.45) is 5.90 Å². The lowest BCUT2D eigenvalue weighted by atomic mass is 10.0. The third-order valence-electron chi connectivity index (χ3n) is 2.91. The van der Waals surface area contributed by atoms with Crippen LogP contribution >= 0.6 is 11.6 Å². The SMILES string of the molecule is COC(C/C=C/C=C/C(=O)Cl)c1ccc(C)cc1.C[Si](C)(C)ON. The Hall–Kier alpha value is -1.24. The van der Waals surface area contributed by atoms with E-state index in [1.165, 1.54) is 11.6 Å². The first-order valence-electron chi connectivity index (χ1n) is 7.69. The highest BCUT2D eigenvalue weighted by atomic mass is 35.5. The van der Waals surface area contributed by atoms with Gasteiger partial charge in [-0.25, -0.2) is 5.90 Å². The van der Waals surface area contributed by atoms with Crippen LogP contribution in [0.1, 0.15) is 23.7 Å². The van der Waals surface area contributed by atoms with Gasteiger partial charge in [-0.15, -0.1) is 0 Å². The van der Waals surface area contributed by atoms with Crippen LogP contribution in [-0.2, 0) is 14.1 Å². The highest BCUT2D eigenvalue weighted by Gasteiger charge is 2.11. The molecule has 6 heteroatoms. The zero-order valence-corrected chi connectivity index (χ0v) is 16.8. The molecule has 0 heterocycles. The van der Waals surface area contributed by atoms with Crippen molar-refractivity contribution in [3.63, 3.8) is 0 Å². The summed E-state index contributed by atoms with van der Waals surface area (Å²) in [5, 5.41) is -0.471. The molecule has 0 amide bonds.